The predicted molar refractivity (Wildman–Crippen MR) is 59.2 cm³/mol. The van der Waals surface area contributed by atoms with Crippen LogP contribution in [0.5, 0.6) is 0 Å². The van der Waals surface area contributed by atoms with Crippen LogP contribution in [0, 0.1) is 0 Å². The van der Waals surface area contributed by atoms with Gasteiger partial charge < -0.3 is 10.2 Å². The van der Waals surface area contributed by atoms with E-state index < -0.39 is 5.76 Å². The summed E-state index contributed by atoms with van der Waals surface area (Å²) in [5.41, 5.74) is 6.13. The first-order valence-corrected chi connectivity index (χ1v) is 5.09. The third kappa shape index (κ3) is 2.15. The second-order valence-electron chi connectivity index (χ2n) is 3.21. The average Bonchev–Trinajstić information content (AvgIpc) is 2.63. The van der Waals surface area contributed by atoms with Crippen molar-refractivity contribution in [3.8, 4) is 0 Å². The minimum atomic E-state index is -0.527. The van der Waals surface area contributed by atoms with Crippen molar-refractivity contribution in [1.82, 2.24) is 9.78 Å². The highest BCUT2D eigenvalue weighted by Gasteiger charge is 2.08. The standard InChI is InChI=1S/C10H10ClN3O2/c11-8-4-2-1-3-7(8)6-14-10(15)16-9(5-12)13-14/h1-4H,5-6,12H2. The van der Waals surface area contributed by atoms with E-state index in [2.05, 4.69) is 5.10 Å². The molecule has 2 rings (SSSR count). The Bertz CT molecular complexity index is 547. The lowest BCUT2D eigenvalue weighted by Crippen LogP contribution is -2.16. The zero-order chi connectivity index (χ0) is 11.5. The van der Waals surface area contributed by atoms with Crippen LogP contribution in [0.1, 0.15) is 11.5 Å². The molecule has 84 valence electrons. The van der Waals surface area contributed by atoms with Gasteiger partial charge in [-0.25, -0.2) is 4.79 Å². The van der Waals surface area contributed by atoms with E-state index in [9.17, 15) is 4.79 Å². The maximum atomic E-state index is 11.3. The molecular weight excluding hydrogens is 230 g/mol. The van der Waals surface area contributed by atoms with E-state index in [4.69, 9.17) is 21.8 Å². The van der Waals surface area contributed by atoms with Gasteiger partial charge in [0.25, 0.3) is 0 Å². The number of nitrogens with two attached hydrogens (primary N) is 1. The minimum Gasteiger partial charge on any atom is -0.391 e. The number of halogens is 1. The molecule has 1 aromatic heterocycles. The highest BCUT2D eigenvalue weighted by Crippen LogP contribution is 2.15. The Hall–Kier alpha value is -1.59. The number of rotatable bonds is 3. The molecule has 0 radical (unpaired) electrons. The van der Waals surface area contributed by atoms with Gasteiger partial charge in [0, 0.05) is 5.02 Å². The molecule has 0 amide bonds. The summed E-state index contributed by atoms with van der Waals surface area (Å²) in [5, 5.41) is 4.51. The Balaban J connectivity index is 2.30. The number of nitrogens with zero attached hydrogens (tertiary/aromatic N) is 2. The molecule has 0 fully saturated rings. The first-order chi connectivity index (χ1) is 7.70. The maximum absolute atomic E-state index is 11.3. The molecule has 0 spiro atoms. The summed E-state index contributed by atoms with van der Waals surface area (Å²) in [6.45, 7) is 0.382. The lowest BCUT2D eigenvalue weighted by molar-refractivity contribution is 0.452. The van der Waals surface area contributed by atoms with Crippen molar-refractivity contribution in [2.75, 3.05) is 0 Å². The highest BCUT2D eigenvalue weighted by atomic mass is 35.5. The van der Waals surface area contributed by atoms with Gasteiger partial charge in [-0.1, -0.05) is 29.8 Å². The van der Waals surface area contributed by atoms with E-state index in [-0.39, 0.29) is 19.0 Å². The summed E-state index contributed by atoms with van der Waals surface area (Å²) in [6.07, 6.45) is 0. The number of hydrogen-bond acceptors (Lipinski definition) is 4. The van der Waals surface area contributed by atoms with E-state index in [0.717, 1.165) is 5.56 Å². The third-order valence-electron chi connectivity index (χ3n) is 2.10. The molecule has 0 aliphatic rings. The number of benzene rings is 1. The van der Waals surface area contributed by atoms with Crippen LogP contribution in [0.3, 0.4) is 0 Å². The fraction of sp³-hybridized carbons (Fsp3) is 0.200. The average molecular weight is 240 g/mol. The Morgan fingerprint density at radius 1 is 1.44 bits per heavy atom. The van der Waals surface area contributed by atoms with E-state index in [1.807, 2.05) is 18.2 Å². The molecule has 16 heavy (non-hydrogen) atoms. The van der Waals surface area contributed by atoms with E-state index >= 15 is 0 Å². The van der Waals surface area contributed by atoms with Crippen LogP contribution in [-0.4, -0.2) is 9.78 Å². The van der Waals surface area contributed by atoms with Crippen molar-refractivity contribution in [2.45, 2.75) is 13.1 Å². The van der Waals surface area contributed by atoms with Gasteiger partial charge in [0.1, 0.15) is 0 Å². The second-order valence-corrected chi connectivity index (χ2v) is 3.62. The topological polar surface area (TPSA) is 74.0 Å². The van der Waals surface area contributed by atoms with Crippen LogP contribution >= 0.6 is 11.6 Å². The molecule has 0 bridgehead atoms. The van der Waals surface area contributed by atoms with Gasteiger partial charge >= 0.3 is 5.76 Å². The first kappa shape index (κ1) is 10.9. The molecule has 1 aromatic carbocycles. The molecule has 0 unspecified atom stereocenters. The summed E-state index contributed by atoms with van der Waals surface area (Å²) in [4.78, 5) is 11.3. The Morgan fingerprint density at radius 2 is 2.19 bits per heavy atom. The fourth-order valence-electron chi connectivity index (χ4n) is 1.32. The van der Waals surface area contributed by atoms with Crippen LogP contribution in [0.4, 0.5) is 0 Å². The second kappa shape index (κ2) is 4.51. The molecule has 0 atom stereocenters. The van der Waals surface area contributed by atoms with Crippen LogP contribution in [0.25, 0.3) is 0 Å². The third-order valence-corrected chi connectivity index (χ3v) is 2.47. The fourth-order valence-corrected chi connectivity index (χ4v) is 1.52. The smallest absolute Gasteiger partial charge is 0.391 e. The van der Waals surface area contributed by atoms with Crippen LogP contribution in [0.15, 0.2) is 33.5 Å². The molecule has 1 heterocycles. The largest absolute Gasteiger partial charge is 0.437 e. The minimum absolute atomic E-state index is 0.102. The van der Waals surface area contributed by atoms with Crippen LogP contribution in [0.2, 0.25) is 5.02 Å². The van der Waals surface area contributed by atoms with Gasteiger partial charge in [-0.15, -0.1) is 5.10 Å². The van der Waals surface area contributed by atoms with E-state index in [0.29, 0.717) is 5.02 Å². The van der Waals surface area contributed by atoms with Crippen molar-refractivity contribution in [1.29, 1.82) is 0 Å². The molecular formula is C10H10ClN3O2. The van der Waals surface area contributed by atoms with Crippen LogP contribution < -0.4 is 11.5 Å². The normalized spacial score (nSPS) is 10.6. The Morgan fingerprint density at radius 3 is 2.81 bits per heavy atom. The number of hydrogen-bond donors (Lipinski definition) is 1. The summed E-state index contributed by atoms with van der Waals surface area (Å²) < 4.78 is 6.00. The van der Waals surface area contributed by atoms with Crippen molar-refractivity contribution < 1.29 is 4.42 Å². The van der Waals surface area contributed by atoms with E-state index in [1.165, 1.54) is 4.68 Å². The van der Waals surface area contributed by atoms with Gasteiger partial charge in [-0.2, -0.15) is 4.68 Å². The highest BCUT2D eigenvalue weighted by molar-refractivity contribution is 6.31. The van der Waals surface area contributed by atoms with Gasteiger partial charge in [0.15, 0.2) is 0 Å². The summed E-state index contributed by atoms with van der Waals surface area (Å²) >= 11 is 5.97. The van der Waals surface area contributed by atoms with Crippen molar-refractivity contribution >= 4 is 11.6 Å². The molecule has 2 aromatic rings. The molecule has 0 aliphatic heterocycles. The predicted octanol–water partition coefficient (Wildman–Crippen LogP) is 0.997. The molecule has 0 aliphatic carbocycles. The molecule has 0 saturated carbocycles. The zero-order valence-corrected chi connectivity index (χ0v) is 9.15. The van der Waals surface area contributed by atoms with Gasteiger partial charge in [0.05, 0.1) is 13.1 Å². The van der Waals surface area contributed by atoms with Gasteiger partial charge in [-0.3, -0.25) is 0 Å². The van der Waals surface area contributed by atoms with Crippen molar-refractivity contribution in [2.24, 2.45) is 5.73 Å². The monoisotopic (exact) mass is 239 g/mol. The summed E-state index contributed by atoms with van der Waals surface area (Å²) in [5.74, 6) is -0.308. The van der Waals surface area contributed by atoms with E-state index in [1.54, 1.807) is 6.07 Å². The molecule has 0 saturated heterocycles. The quantitative estimate of drug-likeness (QED) is 0.867. The lowest BCUT2D eigenvalue weighted by Gasteiger charge is -2.01. The zero-order valence-electron chi connectivity index (χ0n) is 8.39. The SMILES string of the molecule is NCc1nn(Cc2ccccc2Cl)c(=O)o1. The molecule has 2 N–H and O–H groups in total. The molecule has 5 nitrogen and oxygen atoms in total. The van der Waals surface area contributed by atoms with Gasteiger partial charge in [-0.05, 0) is 11.6 Å². The first-order valence-electron chi connectivity index (χ1n) is 4.71. The number of aromatic nitrogens is 2. The maximum Gasteiger partial charge on any atom is 0.437 e. The lowest BCUT2D eigenvalue weighted by atomic mass is 10.2. The van der Waals surface area contributed by atoms with Crippen molar-refractivity contribution in [3.63, 3.8) is 0 Å². The van der Waals surface area contributed by atoms with Crippen molar-refractivity contribution in [3.05, 3.63) is 51.3 Å². The van der Waals surface area contributed by atoms with Crippen LogP contribution in [-0.2, 0) is 13.1 Å². The molecule has 6 heteroatoms. The Kier molecular flexibility index (Phi) is 3.07. The summed E-state index contributed by atoms with van der Waals surface area (Å²) in [6, 6.07) is 7.25. The van der Waals surface area contributed by atoms with Gasteiger partial charge in [0.2, 0.25) is 5.89 Å². The summed E-state index contributed by atoms with van der Waals surface area (Å²) in [7, 11) is 0. The Labute approximate surface area is 96.4 Å².